The van der Waals surface area contributed by atoms with Crippen molar-refractivity contribution in [3.8, 4) is 0 Å². The second-order valence-electron chi connectivity index (χ2n) is 7.50. The van der Waals surface area contributed by atoms with Crippen LogP contribution in [0.2, 0.25) is 5.02 Å². The SMILES string of the molecule is CCCCC(=NNC(=O)c1ccccn1)C1CCN(Cc2ccccc2Cl)CC1. The Morgan fingerprint density at radius 3 is 2.66 bits per heavy atom. The average Bonchev–Trinajstić information content (AvgIpc) is 2.76. The molecule has 2 heterocycles. The van der Waals surface area contributed by atoms with Crippen LogP contribution in [0.15, 0.2) is 53.8 Å². The highest BCUT2D eigenvalue weighted by atomic mass is 35.5. The second-order valence-corrected chi connectivity index (χ2v) is 7.91. The first-order valence-corrected chi connectivity index (χ1v) is 10.8. The zero-order valence-corrected chi connectivity index (χ0v) is 17.7. The number of amides is 1. The van der Waals surface area contributed by atoms with Crippen LogP contribution in [0.25, 0.3) is 0 Å². The molecule has 1 aromatic carbocycles. The molecule has 3 rings (SSSR count). The van der Waals surface area contributed by atoms with Crippen molar-refractivity contribution in [1.29, 1.82) is 0 Å². The number of rotatable bonds is 8. The van der Waals surface area contributed by atoms with E-state index in [2.05, 4.69) is 33.4 Å². The first kappa shape index (κ1) is 21.5. The number of hydrogen-bond donors (Lipinski definition) is 1. The van der Waals surface area contributed by atoms with Crippen LogP contribution in [-0.4, -0.2) is 34.6 Å². The molecule has 1 fully saturated rings. The molecular formula is C23H29ClN4O. The van der Waals surface area contributed by atoms with Crippen LogP contribution >= 0.6 is 11.6 Å². The molecule has 5 nitrogen and oxygen atoms in total. The Labute approximate surface area is 178 Å². The number of carbonyl (C=O) groups is 1. The van der Waals surface area contributed by atoms with Gasteiger partial charge in [-0.25, -0.2) is 5.43 Å². The van der Waals surface area contributed by atoms with Gasteiger partial charge in [0.05, 0.1) is 0 Å². The lowest BCUT2D eigenvalue weighted by Crippen LogP contribution is -2.36. The number of unbranched alkanes of at least 4 members (excludes halogenated alkanes) is 1. The fourth-order valence-electron chi connectivity index (χ4n) is 3.68. The molecule has 0 radical (unpaired) electrons. The van der Waals surface area contributed by atoms with Gasteiger partial charge in [0.1, 0.15) is 5.69 Å². The molecule has 2 aromatic rings. The highest BCUT2D eigenvalue weighted by Gasteiger charge is 2.24. The summed E-state index contributed by atoms with van der Waals surface area (Å²) in [5, 5.41) is 5.35. The molecule has 29 heavy (non-hydrogen) atoms. The molecule has 154 valence electrons. The zero-order valence-electron chi connectivity index (χ0n) is 17.0. The summed E-state index contributed by atoms with van der Waals surface area (Å²) in [5.74, 6) is 0.156. The maximum Gasteiger partial charge on any atom is 0.289 e. The highest BCUT2D eigenvalue weighted by molar-refractivity contribution is 6.31. The standard InChI is InChI=1S/C23H29ClN4O/c1-2-3-10-21(26-27-23(29)22-11-6-7-14-25-22)18-12-15-28(16-13-18)17-19-8-4-5-9-20(19)24/h4-9,11,14,18H,2-3,10,12-13,15-17H2,1H3,(H,27,29). The number of likely N-dealkylation sites (tertiary alicyclic amines) is 1. The third-order valence-electron chi connectivity index (χ3n) is 5.40. The number of aromatic nitrogens is 1. The lowest BCUT2D eigenvalue weighted by atomic mass is 9.89. The highest BCUT2D eigenvalue weighted by Crippen LogP contribution is 2.24. The molecule has 1 saturated heterocycles. The summed E-state index contributed by atoms with van der Waals surface area (Å²) in [6.07, 6.45) is 6.83. The number of piperidine rings is 1. The molecule has 0 unspecified atom stereocenters. The quantitative estimate of drug-likeness (QED) is 0.494. The Hall–Kier alpha value is -2.24. The smallest absolute Gasteiger partial charge is 0.289 e. The van der Waals surface area contributed by atoms with Crippen molar-refractivity contribution in [2.75, 3.05) is 13.1 Å². The topological polar surface area (TPSA) is 57.6 Å². The summed E-state index contributed by atoms with van der Waals surface area (Å²) in [7, 11) is 0. The number of pyridine rings is 1. The lowest BCUT2D eigenvalue weighted by molar-refractivity contribution is 0.0949. The maximum atomic E-state index is 12.3. The van der Waals surface area contributed by atoms with E-state index in [1.54, 1.807) is 24.4 Å². The summed E-state index contributed by atoms with van der Waals surface area (Å²) >= 11 is 6.31. The fraction of sp³-hybridized carbons (Fsp3) is 0.435. The van der Waals surface area contributed by atoms with E-state index in [1.807, 2.05) is 18.2 Å². The molecule has 1 aliphatic heterocycles. The third kappa shape index (κ3) is 6.38. The second kappa shape index (κ2) is 11.1. The molecule has 0 bridgehead atoms. The summed E-state index contributed by atoms with van der Waals surface area (Å²) < 4.78 is 0. The average molecular weight is 413 g/mol. The summed E-state index contributed by atoms with van der Waals surface area (Å²) in [6.45, 7) is 5.07. The Morgan fingerprint density at radius 2 is 1.97 bits per heavy atom. The van der Waals surface area contributed by atoms with Gasteiger partial charge in [0.2, 0.25) is 0 Å². The van der Waals surface area contributed by atoms with Gasteiger partial charge in [-0.05, 0) is 62.5 Å². The molecule has 0 spiro atoms. The number of halogens is 1. The molecule has 1 aliphatic rings. The fourth-order valence-corrected chi connectivity index (χ4v) is 3.87. The van der Waals surface area contributed by atoms with E-state index >= 15 is 0 Å². The number of nitrogens with one attached hydrogen (secondary N) is 1. The molecular weight excluding hydrogens is 384 g/mol. The molecule has 6 heteroatoms. The van der Waals surface area contributed by atoms with Gasteiger partial charge in [0.15, 0.2) is 0 Å². The van der Waals surface area contributed by atoms with Crippen LogP contribution in [0.1, 0.15) is 55.1 Å². The van der Waals surface area contributed by atoms with E-state index in [1.165, 1.54) is 5.56 Å². The lowest BCUT2D eigenvalue weighted by Gasteiger charge is -2.32. The van der Waals surface area contributed by atoms with Gasteiger partial charge >= 0.3 is 0 Å². The van der Waals surface area contributed by atoms with Gasteiger partial charge < -0.3 is 0 Å². The van der Waals surface area contributed by atoms with E-state index < -0.39 is 0 Å². The van der Waals surface area contributed by atoms with Gasteiger partial charge in [-0.15, -0.1) is 0 Å². The third-order valence-corrected chi connectivity index (χ3v) is 5.76. The summed E-state index contributed by atoms with van der Waals surface area (Å²) in [4.78, 5) is 18.8. The van der Waals surface area contributed by atoms with Crippen LogP contribution < -0.4 is 5.43 Å². The predicted octanol–water partition coefficient (Wildman–Crippen LogP) is 4.92. The number of nitrogens with zero attached hydrogens (tertiary/aromatic N) is 3. The van der Waals surface area contributed by atoms with Gasteiger partial charge in [0, 0.05) is 29.4 Å². The minimum Gasteiger partial charge on any atom is -0.299 e. The minimum absolute atomic E-state index is 0.254. The van der Waals surface area contributed by atoms with Crippen LogP contribution in [0.4, 0.5) is 0 Å². The molecule has 1 N–H and O–H groups in total. The van der Waals surface area contributed by atoms with Crippen LogP contribution in [0, 0.1) is 5.92 Å². The van der Waals surface area contributed by atoms with Gasteiger partial charge in [-0.2, -0.15) is 5.10 Å². The Bertz CT molecular complexity index is 817. The number of hydrazone groups is 1. The normalized spacial score (nSPS) is 16.0. The molecule has 0 atom stereocenters. The Morgan fingerprint density at radius 1 is 1.21 bits per heavy atom. The van der Waals surface area contributed by atoms with Gasteiger partial charge in [0.25, 0.3) is 5.91 Å². The molecule has 0 saturated carbocycles. The van der Waals surface area contributed by atoms with E-state index in [4.69, 9.17) is 11.6 Å². The molecule has 1 amide bonds. The van der Waals surface area contributed by atoms with E-state index in [9.17, 15) is 4.79 Å². The number of hydrogen-bond acceptors (Lipinski definition) is 4. The maximum absolute atomic E-state index is 12.3. The number of benzene rings is 1. The van der Waals surface area contributed by atoms with Crippen molar-refractivity contribution in [3.63, 3.8) is 0 Å². The van der Waals surface area contributed by atoms with E-state index in [0.717, 1.165) is 62.5 Å². The minimum atomic E-state index is -0.254. The monoisotopic (exact) mass is 412 g/mol. The van der Waals surface area contributed by atoms with Gasteiger partial charge in [-0.3, -0.25) is 14.7 Å². The van der Waals surface area contributed by atoms with Gasteiger partial charge in [-0.1, -0.05) is 49.2 Å². The zero-order chi connectivity index (χ0) is 20.5. The van der Waals surface area contributed by atoms with E-state index in [-0.39, 0.29) is 5.91 Å². The van der Waals surface area contributed by atoms with E-state index in [0.29, 0.717) is 11.6 Å². The van der Waals surface area contributed by atoms with Crippen LogP contribution in [0.3, 0.4) is 0 Å². The van der Waals surface area contributed by atoms with Crippen molar-refractivity contribution < 1.29 is 4.79 Å². The summed E-state index contributed by atoms with van der Waals surface area (Å²) in [5.41, 5.74) is 5.39. The van der Waals surface area contributed by atoms with Crippen LogP contribution in [0.5, 0.6) is 0 Å². The predicted molar refractivity (Wildman–Crippen MR) is 118 cm³/mol. The van der Waals surface area contributed by atoms with Crippen molar-refractivity contribution >= 4 is 23.2 Å². The molecule has 1 aromatic heterocycles. The Balaban J connectivity index is 1.58. The van der Waals surface area contributed by atoms with Crippen molar-refractivity contribution in [1.82, 2.24) is 15.3 Å². The molecule has 0 aliphatic carbocycles. The van der Waals surface area contributed by atoms with Crippen molar-refractivity contribution in [2.45, 2.75) is 45.6 Å². The Kier molecular flexibility index (Phi) is 8.20. The van der Waals surface area contributed by atoms with Crippen LogP contribution in [-0.2, 0) is 6.54 Å². The first-order chi connectivity index (χ1) is 14.2. The first-order valence-electron chi connectivity index (χ1n) is 10.4. The van der Waals surface area contributed by atoms with Crippen molar-refractivity contribution in [3.05, 3.63) is 64.9 Å². The van der Waals surface area contributed by atoms with Crippen molar-refractivity contribution in [2.24, 2.45) is 11.0 Å². The summed E-state index contributed by atoms with van der Waals surface area (Å²) in [6, 6.07) is 13.3. The number of carbonyl (C=O) groups excluding carboxylic acids is 1. The largest absolute Gasteiger partial charge is 0.299 e.